The van der Waals surface area contributed by atoms with Crippen LogP contribution in [-0.2, 0) is 6.54 Å². The summed E-state index contributed by atoms with van der Waals surface area (Å²) in [5.74, 6) is 1.25. The normalized spacial score (nSPS) is 10.3. The maximum atomic E-state index is 12.3. The van der Waals surface area contributed by atoms with E-state index >= 15 is 0 Å². The minimum Gasteiger partial charge on any atom is -0.497 e. The maximum absolute atomic E-state index is 12.3. The molecule has 0 aliphatic carbocycles. The lowest BCUT2D eigenvalue weighted by molar-refractivity contribution is 0.0945. The first kappa shape index (κ1) is 16.6. The van der Waals surface area contributed by atoms with Crippen molar-refractivity contribution in [2.24, 2.45) is 0 Å². The molecule has 0 saturated carbocycles. The molecule has 0 radical (unpaired) electrons. The standard InChI is InChI=1S/C19H19N3O3/c1-24-15-8-5-7-13(10-15)16-11-17(22-21-16)19(23)20-12-14-6-3-4-9-18(14)25-2/h3-11H,12H2,1-2H3,(H,20,23)(H,21,22). The largest absolute Gasteiger partial charge is 0.497 e. The number of nitrogens with zero attached hydrogens (tertiary/aromatic N) is 1. The Morgan fingerprint density at radius 1 is 1.08 bits per heavy atom. The van der Waals surface area contributed by atoms with Crippen LogP contribution in [0.2, 0.25) is 0 Å². The Balaban J connectivity index is 1.70. The number of rotatable bonds is 6. The lowest BCUT2D eigenvalue weighted by atomic mass is 10.1. The number of para-hydroxylation sites is 1. The van der Waals surface area contributed by atoms with Crippen molar-refractivity contribution in [2.75, 3.05) is 14.2 Å². The summed E-state index contributed by atoms with van der Waals surface area (Å²) in [6, 6.07) is 16.8. The zero-order chi connectivity index (χ0) is 17.6. The van der Waals surface area contributed by atoms with Crippen LogP contribution in [0.25, 0.3) is 11.3 Å². The van der Waals surface area contributed by atoms with E-state index in [0.717, 1.165) is 22.6 Å². The first-order valence-corrected chi connectivity index (χ1v) is 7.81. The zero-order valence-corrected chi connectivity index (χ0v) is 14.1. The number of hydrogen-bond acceptors (Lipinski definition) is 4. The Hall–Kier alpha value is -3.28. The molecule has 0 spiro atoms. The smallest absolute Gasteiger partial charge is 0.269 e. The maximum Gasteiger partial charge on any atom is 0.269 e. The molecule has 0 bridgehead atoms. The van der Waals surface area contributed by atoms with Crippen LogP contribution in [0.5, 0.6) is 11.5 Å². The zero-order valence-electron chi connectivity index (χ0n) is 14.1. The van der Waals surface area contributed by atoms with Crippen molar-refractivity contribution in [3.05, 3.63) is 65.9 Å². The number of nitrogens with one attached hydrogen (secondary N) is 2. The molecule has 1 aromatic heterocycles. The van der Waals surface area contributed by atoms with E-state index < -0.39 is 0 Å². The van der Waals surface area contributed by atoms with Crippen molar-refractivity contribution in [2.45, 2.75) is 6.54 Å². The van der Waals surface area contributed by atoms with E-state index in [4.69, 9.17) is 9.47 Å². The summed E-state index contributed by atoms with van der Waals surface area (Å²) in [4.78, 5) is 12.3. The molecule has 0 fully saturated rings. The Morgan fingerprint density at radius 2 is 1.92 bits per heavy atom. The van der Waals surface area contributed by atoms with E-state index in [1.165, 1.54) is 0 Å². The first-order chi connectivity index (χ1) is 12.2. The Kier molecular flexibility index (Phi) is 4.99. The molecule has 0 aliphatic rings. The van der Waals surface area contributed by atoms with Crippen molar-refractivity contribution in [3.8, 4) is 22.8 Å². The number of amides is 1. The van der Waals surface area contributed by atoms with Crippen molar-refractivity contribution < 1.29 is 14.3 Å². The third-order valence-corrected chi connectivity index (χ3v) is 3.82. The predicted octanol–water partition coefficient (Wildman–Crippen LogP) is 3.02. The van der Waals surface area contributed by atoms with Crippen LogP contribution in [0, 0.1) is 0 Å². The molecule has 6 nitrogen and oxygen atoms in total. The van der Waals surface area contributed by atoms with Crippen LogP contribution in [0.15, 0.2) is 54.6 Å². The molecule has 0 saturated heterocycles. The highest BCUT2D eigenvalue weighted by Gasteiger charge is 2.12. The summed E-state index contributed by atoms with van der Waals surface area (Å²) < 4.78 is 10.5. The Bertz CT molecular complexity index is 874. The van der Waals surface area contributed by atoms with Gasteiger partial charge in [-0.25, -0.2) is 0 Å². The van der Waals surface area contributed by atoms with Crippen LogP contribution in [0.3, 0.4) is 0 Å². The first-order valence-electron chi connectivity index (χ1n) is 7.81. The van der Waals surface area contributed by atoms with E-state index in [2.05, 4.69) is 15.5 Å². The monoisotopic (exact) mass is 337 g/mol. The van der Waals surface area contributed by atoms with Crippen molar-refractivity contribution in [1.82, 2.24) is 15.5 Å². The van der Waals surface area contributed by atoms with Gasteiger partial charge >= 0.3 is 0 Å². The number of H-pyrrole nitrogens is 1. The summed E-state index contributed by atoms with van der Waals surface area (Å²) in [6.45, 7) is 0.371. The number of aromatic amines is 1. The van der Waals surface area contributed by atoms with Crippen LogP contribution >= 0.6 is 0 Å². The van der Waals surface area contributed by atoms with Gasteiger partial charge in [0.2, 0.25) is 0 Å². The van der Waals surface area contributed by atoms with Gasteiger partial charge in [0.25, 0.3) is 5.91 Å². The van der Waals surface area contributed by atoms with Gasteiger partial charge in [-0.1, -0.05) is 30.3 Å². The quantitative estimate of drug-likeness (QED) is 0.725. The predicted molar refractivity (Wildman–Crippen MR) is 94.7 cm³/mol. The molecular weight excluding hydrogens is 318 g/mol. The Labute approximate surface area is 145 Å². The highest BCUT2D eigenvalue weighted by Crippen LogP contribution is 2.22. The van der Waals surface area contributed by atoms with E-state index in [0.29, 0.717) is 17.9 Å². The summed E-state index contributed by atoms with van der Waals surface area (Å²) in [5.41, 5.74) is 2.86. The molecule has 25 heavy (non-hydrogen) atoms. The average molecular weight is 337 g/mol. The molecule has 1 amide bonds. The SMILES string of the molecule is COc1cccc(-c2cc(C(=O)NCc3ccccc3OC)[nH]n2)c1. The van der Waals surface area contributed by atoms with Crippen LogP contribution in [0.1, 0.15) is 16.1 Å². The molecule has 2 aromatic carbocycles. The molecule has 1 heterocycles. The van der Waals surface area contributed by atoms with E-state index in [1.807, 2.05) is 48.5 Å². The minimum absolute atomic E-state index is 0.229. The highest BCUT2D eigenvalue weighted by atomic mass is 16.5. The fraction of sp³-hybridized carbons (Fsp3) is 0.158. The summed E-state index contributed by atoms with van der Waals surface area (Å²) >= 11 is 0. The van der Waals surface area contributed by atoms with Gasteiger partial charge < -0.3 is 14.8 Å². The average Bonchev–Trinajstić information content (AvgIpc) is 3.16. The molecule has 2 N–H and O–H groups in total. The number of ether oxygens (including phenoxy) is 2. The van der Waals surface area contributed by atoms with E-state index in [-0.39, 0.29) is 5.91 Å². The summed E-state index contributed by atoms with van der Waals surface area (Å²) in [7, 11) is 3.22. The molecule has 0 atom stereocenters. The van der Waals surface area contributed by atoms with Gasteiger partial charge in [0.1, 0.15) is 17.2 Å². The molecule has 128 valence electrons. The number of benzene rings is 2. The van der Waals surface area contributed by atoms with Gasteiger partial charge in [0, 0.05) is 17.7 Å². The molecular formula is C19H19N3O3. The summed E-state index contributed by atoms with van der Waals surface area (Å²) in [6.07, 6.45) is 0. The fourth-order valence-electron chi connectivity index (χ4n) is 2.49. The number of carbonyl (C=O) groups excluding carboxylic acids is 1. The van der Waals surface area contributed by atoms with E-state index in [9.17, 15) is 4.79 Å². The second kappa shape index (κ2) is 7.53. The second-order valence-electron chi connectivity index (χ2n) is 5.39. The van der Waals surface area contributed by atoms with Gasteiger partial charge in [-0.05, 0) is 24.3 Å². The van der Waals surface area contributed by atoms with Crippen LogP contribution in [0.4, 0.5) is 0 Å². The Morgan fingerprint density at radius 3 is 2.72 bits per heavy atom. The fourth-order valence-corrected chi connectivity index (χ4v) is 2.49. The van der Waals surface area contributed by atoms with E-state index in [1.54, 1.807) is 20.3 Å². The highest BCUT2D eigenvalue weighted by molar-refractivity contribution is 5.93. The van der Waals surface area contributed by atoms with Gasteiger partial charge in [0.05, 0.1) is 19.9 Å². The number of hydrogen-bond donors (Lipinski definition) is 2. The molecule has 0 unspecified atom stereocenters. The topological polar surface area (TPSA) is 76.2 Å². The lowest BCUT2D eigenvalue weighted by Gasteiger charge is -2.08. The summed E-state index contributed by atoms with van der Waals surface area (Å²) in [5, 5.41) is 9.84. The van der Waals surface area contributed by atoms with Crippen LogP contribution in [-0.4, -0.2) is 30.3 Å². The van der Waals surface area contributed by atoms with Crippen molar-refractivity contribution in [1.29, 1.82) is 0 Å². The van der Waals surface area contributed by atoms with Gasteiger partial charge in [-0.2, -0.15) is 5.10 Å². The second-order valence-corrected chi connectivity index (χ2v) is 5.39. The third kappa shape index (κ3) is 3.80. The third-order valence-electron chi connectivity index (χ3n) is 3.82. The number of carbonyl (C=O) groups is 1. The number of methoxy groups -OCH3 is 2. The van der Waals surface area contributed by atoms with Gasteiger partial charge in [-0.3, -0.25) is 9.89 Å². The van der Waals surface area contributed by atoms with Gasteiger partial charge in [0.15, 0.2) is 0 Å². The number of aromatic nitrogens is 2. The lowest BCUT2D eigenvalue weighted by Crippen LogP contribution is -2.23. The molecule has 3 aromatic rings. The van der Waals surface area contributed by atoms with Gasteiger partial charge in [-0.15, -0.1) is 0 Å². The van der Waals surface area contributed by atoms with Crippen molar-refractivity contribution in [3.63, 3.8) is 0 Å². The van der Waals surface area contributed by atoms with Crippen LogP contribution < -0.4 is 14.8 Å². The minimum atomic E-state index is -0.229. The molecule has 0 aliphatic heterocycles. The molecule has 6 heteroatoms. The van der Waals surface area contributed by atoms with Crippen molar-refractivity contribution >= 4 is 5.91 Å². The molecule has 3 rings (SSSR count).